The van der Waals surface area contributed by atoms with Crippen molar-refractivity contribution in [2.75, 3.05) is 59.6 Å². The lowest BCUT2D eigenvalue weighted by molar-refractivity contribution is 0.0374. The van der Waals surface area contributed by atoms with Crippen LogP contribution < -0.4 is 15.4 Å². The van der Waals surface area contributed by atoms with Gasteiger partial charge in [-0.1, -0.05) is 0 Å². The van der Waals surface area contributed by atoms with Crippen LogP contribution in [0.4, 0.5) is 0 Å². The number of morpholine rings is 1. The smallest absolute Gasteiger partial charge is 0.251 e. The summed E-state index contributed by atoms with van der Waals surface area (Å²) in [4.78, 5) is 14.9. The molecule has 2 saturated heterocycles. The fourth-order valence-corrected chi connectivity index (χ4v) is 3.71. The van der Waals surface area contributed by atoms with E-state index in [0.717, 1.165) is 75.7 Å². The van der Waals surface area contributed by atoms with Crippen molar-refractivity contribution in [2.24, 2.45) is 5.92 Å². The number of amides is 1. The molecular formula is C20H31N3O3. The summed E-state index contributed by atoms with van der Waals surface area (Å²) in [5.74, 6) is 1.50. The second kappa shape index (κ2) is 9.90. The number of hydrogen-bond acceptors (Lipinski definition) is 5. The van der Waals surface area contributed by atoms with Crippen molar-refractivity contribution in [3.05, 3.63) is 29.3 Å². The molecule has 0 bridgehead atoms. The molecule has 6 nitrogen and oxygen atoms in total. The molecule has 1 aromatic carbocycles. The van der Waals surface area contributed by atoms with Crippen molar-refractivity contribution < 1.29 is 14.3 Å². The van der Waals surface area contributed by atoms with E-state index in [0.29, 0.717) is 12.5 Å². The first-order valence-electron chi connectivity index (χ1n) is 9.72. The summed E-state index contributed by atoms with van der Waals surface area (Å²) in [7, 11) is 1.69. The predicted octanol–water partition coefficient (Wildman–Crippen LogP) is 1.30. The zero-order valence-electron chi connectivity index (χ0n) is 15.8. The van der Waals surface area contributed by atoms with Crippen LogP contribution in [0.1, 0.15) is 28.8 Å². The van der Waals surface area contributed by atoms with Gasteiger partial charge in [0.25, 0.3) is 5.91 Å². The molecule has 0 radical (unpaired) electrons. The van der Waals surface area contributed by atoms with Gasteiger partial charge in [-0.15, -0.1) is 0 Å². The van der Waals surface area contributed by atoms with E-state index in [2.05, 4.69) is 15.5 Å². The molecule has 2 N–H and O–H groups in total. The molecule has 1 atom stereocenters. The second-order valence-electron chi connectivity index (χ2n) is 7.15. The highest BCUT2D eigenvalue weighted by Gasteiger charge is 2.18. The van der Waals surface area contributed by atoms with Crippen LogP contribution in [0.2, 0.25) is 0 Å². The number of nitrogens with zero attached hydrogens (tertiary/aromatic N) is 1. The average molecular weight is 361 g/mol. The molecule has 0 saturated carbocycles. The minimum atomic E-state index is 0.000396. The van der Waals surface area contributed by atoms with Gasteiger partial charge in [0.15, 0.2) is 0 Å². The second-order valence-corrected chi connectivity index (χ2v) is 7.15. The third-order valence-corrected chi connectivity index (χ3v) is 5.25. The normalized spacial score (nSPS) is 20.9. The zero-order chi connectivity index (χ0) is 18.2. The molecule has 0 spiro atoms. The number of benzene rings is 1. The third kappa shape index (κ3) is 5.43. The molecule has 144 valence electrons. The number of rotatable bonds is 8. The van der Waals surface area contributed by atoms with Gasteiger partial charge in [0.1, 0.15) is 5.75 Å². The first-order chi connectivity index (χ1) is 12.8. The molecule has 1 amide bonds. The molecule has 6 heteroatoms. The van der Waals surface area contributed by atoms with Crippen LogP contribution in [0.15, 0.2) is 18.2 Å². The predicted molar refractivity (Wildman–Crippen MR) is 102 cm³/mol. The van der Waals surface area contributed by atoms with E-state index < -0.39 is 0 Å². The Bertz CT molecular complexity index is 582. The molecule has 2 aliphatic rings. The van der Waals surface area contributed by atoms with Crippen molar-refractivity contribution in [3.63, 3.8) is 0 Å². The number of carbonyl (C=O) groups excluding carboxylic acids is 1. The van der Waals surface area contributed by atoms with E-state index in [1.807, 2.05) is 18.2 Å². The minimum absolute atomic E-state index is 0.000396. The first kappa shape index (κ1) is 19.1. The van der Waals surface area contributed by atoms with Crippen LogP contribution in [0.3, 0.4) is 0 Å². The Morgan fingerprint density at radius 2 is 2.23 bits per heavy atom. The van der Waals surface area contributed by atoms with E-state index in [4.69, 9.17) is 9.47 Å². The van der Waals surface area contributed by atoms with E-state index in [-0.39, 0.29) is 5.91 Å². The van der Waals surface area contributed by atoms with Crippen molar-refractivity contribution in [1.29, 1.82) is 0 Å². The standard InChI is InChI=1S/C20H31N3O3/c1-25-19-4-3-17(14-18(19)13-16-5-7-21-15-16)20(24)22-6-2-8-23-9-11-26-12-10-23/h3-4,14,16,21H,2,5-13,15H2,1H3,(H,22,24). The Labute approximate surface area is 156 Å². The highest BCUT2D eigenvalue weighted by Crippen LogP contribution is 2.25. The molecule has 1 unspecified atom stereocenters. The first-order valence-corrected chi connectivity index (χ1v) is 9.72. The van der Waals surface area contributed by atoms with Gasteiger partial charge in [0.05, 0.1) is 20.3 Å². The third-order valence-electron chi connectivity index (χ3n) is 5.25. The number of hydrogen-bond donors (Lipinski definition) is 2. The van der Waals surface area contributed by atoms with Gasteiger partial charge in [-0.25, -0.2) is 0 Å². The van der Waals surface area contributed by atoms with Crippen molar-refractivity contribution in [2.45, 2.75) is 19.3 Å². The van der Waals surface area contributed by atoms with Crippen LogP contribution in [-0.2, 0) is 11.2 Å². The van der Waals surface area contributed by atoms with Crippen LogP contribution in [0.5, 0.6) is 5.75 Å². The quantitative estimate of drug-likeness (QED) is 0.684. The van der Waals surface area contributed by atoms with Crippen molar-refractivity contribution >= 4 is 5.91 Å². The Hall–Kier alpha value is -1.63. The van der Waals surface area contributed by atoms with E-state index in [1.54, 1.807) is 7.11 Å². The molecule has 2 heterocycles. The number of nitrogens with one attached hydrogen (secondary N) is 2. The Kier molecular flexibility index (Phi) is 7.29. The van der Waals surface area contributed by atoms with Gasteiger partial charge < -0.3 is 20.1 Å². The highest BCUT2D eigenvalue weighted by atomic mass is 16.5. The number of methoxy groups -OCH3 is 1. The number of ether oxygens (including phenoxy) is 2. The Morgan fingerprint density at radius 1 is 1.38 bits per heavy atom. The summed E-state index contributed by atoms with van der Waals surface area (Å²) in [6.07, 6.45) is 3.10. The van der Waals surface area contributed by atoms with Crippen LogP contribution in [-0.4, -0.2) is 70.4 Å². The molecule has 0 aromatic heterocycles. The largest absolute Gasteiger partial charge is 0.496 e. The van der Waals surface area contributed by atoms with Gasteiger partial charge in [-0.2, -0.15) is 0 Å². The zero-order valence-corrected chi connectivity index (χ0v) is 15.8. The summed E-state index contributed by atoms with van der Waals surface area (Å²) in [5, 5.41) is 6.44. The molecule has 1 aromatic rings. The van der Waals surface area contributed by atoms with Gasteiger partial charge in [-0.3, -0.25) is 9.69 Å². The van der Waals surface area contributed by atoms with Gasteiger partial charge >= 0.3 is 0 Å². The van der Waals surface area contributed by atoms with Crippen LogP contribution in [0, 0.1) is 5.92 Å². The monoisotopic (exact) mass is 361 g/mol. The lowest BCUT2D eigenvalue weighted by atomic mass is 9.96. The Morgan fingerprint density at radius 3 is 2.96 bits per heavy atom. The maximum absolute atomic E-state index is 12.5. The highest BCUT2D eigenvalue weighted by molar-refractivity contribution is 5.94. The Balaban J connectivity index is 1.49. The number of carbonyl (C=O) groups is 1. The molecule has 26 heavy (non-hydrogen) atoms. The molecule has 3 rings (SSSR count). The van der Waals surface area contributed by atoms with Crippen LogP contribution >= 0.6 is 0 Å². The SMILES string of the molecule is COc1ccc(C(=O)NCCCN2CCOCC2)cc1CC1CCNC1. The van der Waals surface area contributed by atoms with E-state index in [9.17, 15) is 4.79 Å². The fraction of sp³-hybridized carbons (Fsp3) is 0.650. The molecule has 2 aliphatic heterocycles. The van der Waals surface area contributed by atoms with Crippen LogP contribution in [0.25, 0.3) is 0 Å². The molecular weight excluding hydrogens is 330 g/mol. The van der Waals surface area contributed by atoms with Gasteiger partial charge in [0, 0.05) is 25.2 Å². The lowest BCUT2D eigenvalue weighted by Gasteiger charge is -2.26. The van der Waals surface area contributed by atoms with Gasteiger partial charge in [0.2, 0.25) is 0 Å². The van der Waals surface area contributed by atoms with E-state index >= 15 is 0 Å². The summed E-state index contributed by atoms with van der Waals surface area (Å²) in [6.45, 7) is 7.44. The summed E-state index contributed by atoms with van der Waals surface area (Å²) in [6, 6.07) is 5.77. The summed E-state index contributed by atoms with van der Waals surface area (Å²) < 4.78 is 10.8. The molecule has 0 aliphatic carbocycles. The minimum Gasteiger partial charge on any atom is -0.496 e. The lowest BCUT2D eigenvalue weighted by Crippen LogP contribution is -2.38. The summed E-state index contributed by atoms with van der Waals surface area (Å²) >= 11 is 0. The fourth-order valence-electron chi connectivity index (χ4n) is 3.71. The molecule has 2 fully saturated rings. The van der Waals surface area contributed by atoms with E-state index in [1.165, 1.54) is 6.42 Å². The van der Waals surface area contributed by atoms with Crippen molar-refractivity contribution in [3.8, 4) is 5.75 Å². The van der Waals surface area contributed by atoms with Gasteiger partial charge in [-0.05, 0) is 68.6 Å². The maximum Gasteiger partial charge on any atom is 0.251 e. The topological polar surface area (TPSA) is 62.8 Å². The average Bonchev–Trinajstić information content (AvgIpc) is 3.19. The summed E-state index contributed by atoms with van der Waals surface area (Å²) in [5.41, 5.74) is 1.85. The maximum atomic E-state index is 12.5. The van der Waals surface area contributed by atoms with Crippen molar-refractivity contribution in [1.82, 2.24) is 15.5 Å².